The number of aliphatic hydroxyl groups excluding tert-OH is 8. The van der Waals surface area contributed by atoms with Crippen LogP contribution in [0.3, 0.4) is 0 Å². The lowest BCUT2D eigenvalue weighted by Crippen LogP contribution is -2.72. The number of rotatable bonds is 6. The van der Waals surface area contributed by atoms with E-state index in [1.165, 1.54) is 6.92 Å². The van der Waals surface area contributed by atoms with Gasteiger partial charge in [0.2, 0.25) is 0 Å². The second kappa shape index (κ2) is 13.4. The predicted octanol–water partition coefficient (Wildman–Crippen LogP) is 1.78. The number of fused-ring (bicyclic) bond motifs is 4. The third-order valence-electron chi connectivity index (χ3n) is 17.9. The molecule has 21 atom stereocenters. The van der Waals surface area contributed by atoms with Gasteiger partial charge in [0.15, 0.2) is 12.6 Å². The van der Waals surface area contributed by atoms with Crippen LogP contribution in [0.1, 0.15) is 99.8 Å². The van der Waals surface area contributed by atoms with E-state index in [2.05, 4.69) is 46.8 Å². The van der Waals surface area contributed by atoms with E-state index in [9.17, 15) is 40.9 Å². The molecule has 8 rings (SSSR count). The largest absolute Gasteiger partial charge is 0.396 e. The first-order valence-corrected chi connectivity index (χ1v) is 20.9. The molecular weight excluding hydrogens is 712 g/mol. The fourth-order valence-corrected chi connectivity index (χ4v) is 14.3. The van der Waals surface area contributed by atoms with Crippen molar-refractivity contribution in [2.75, 3.05) is 19.8 Å². The van der Waals surface area contributed by atoms with E-state index in [4.69, 9.17) is 23.7 Å². The van der Waals surface area contributed by atoms with Crippen molar-refractivity contribution < 1.29 is 64.5 Å². The lowest BCUT2D eigenvalue weighted by atomic mass is 9.32. The number of hydrogen-bond donors (Lipinski definition) is 8. The van der Waals surface area contributed by atoms with Gasteiger partial charge in [0, 0.05) is 22.2 Å². The van der Waals surface area contributed by atoms with Gasteiger partial charge in [-0.05, 0) is 86.4 Å². The van der Waals surface area contributed by atoms with Crippen molar-refractivity contribution in [3.63, 3.8) is 0 Å². The first-order chi connectivity index (χ1) is 25.7. The lowest BCUT2D eigenvalue weighted by molar-refractivity contribution is -0.368. The predicted molar refractivity (Wildman–Crippen MR) is 197 cm³/mol. The topological polar surface area (TPSA) is 208 Å². The van der Waals surface area contributed by atoms with Gasteiger partial charge in [-0.15, -0.1) is 0 Å². The fourth-order valence-electron chi connectivity index (χ4n) is 14.3. The zero-order valence-electron chi connectivity index (χ0n) is 33.7. The van der Waals surface area contributed by atoms with Crippen LogP contribution in [-0.4, -0.2) is 140 Å². The third-order valence-corrected chi connectivity index (χ3v) is 17.9. The summed E-state index contributed by atoms with van der Waals surface area (Å²) in [7, 11) is 0. The molecule has 0 aromatic carbocycles. The van der Waals surface area contributed by atoms with E-state index < -0.39 is 91.2 Å². The highest BCUT2D eigenvalue weighted by atomic mass is 16.7. The second-order valence-corrected chi connectivity index (χ2v) is 21.0. The maximum atomic E-state index is 12.1. The summed E-state index contributed by atoms with van der Waals surface area (Å²) in [5, 5.41) is 87.5. The van der Waals surface area contributed by atoms with Gasteiger partial charge in [0.1, 0.15) is 42.7 Å². The van der Waals surface area contributed by atoms with E-state index in [1.54, 1.807) is 0 Å². The maximum absolute atomic E-state index is 12.1. The summed E-state index contributed by atoms with van der Waals surface area (Å²) in [6, 6.07) is 0. The summed E-state index contributed by atoms with van der Waals surface area (Å²) in [6.07, 6.45) is -3.55. The maximum Gasteiger partial charge on any atom is 0.187 e. The first kappa shape index (κ1) is 41.0. The standard InChI is InChI=1S/C42H68O13/c1-21-28(46)30(48)31(49)34(52-21)55-33-29(47)22(18-43)53-35(32(33)50)54-27-10-11-37(4)23(38(27,5)19-44)8-12-39(6)24(37)9-13-42-25-16-36(2,3)14-15-41(25,20-51-42)26(45)17-40(39,42)7/h9,13,21-35,43-50H,8,10-12,14-20H2,1-7H3/t21-,22-,23-,24+,25+,26-,27+,28-,29-,30+,31-,32-,33+,34+,35+,37+,38+,39-,40+,41-,42+/m0/s1. The fraction of sp³-hybridized carbons (Fsp3) is 0.952. The summed E-state index contributed by atoms with van der Waals surface area (Å²) in [6.45, 7) is 15.2. The SMILES string of the molecule is C[C@@H]1O[C@H](O[C@H]2[C@H](O)[C@@H](O[C@@H]3CC[C@]4(C)[C@H](CC[C@@]5(C)[C@@H]4C=C[C@@]46OC[C@]7(CCC(C)(C)C[C@H]74)[C@@H](O)C[C@]56C)[C@@]3(C)CO)O[C@@H](CO)[C@@H]2O)[C@@H](O)[C@H](O)[C@H]1O. The van der Waals surface area contributed by atoms with Gasteiger partial charge >= 0.3 is 0 Å². The van der Waals surface area contributed by atoms with Crippen molar-refractivity contribution in [2.45, 2.75) is 179 Å². The monoisotopic (exact) mass is 780 g/mol. The molecule has 13 nitrogen and oxygen atoms in total. The van der Waals surface area contributed by atoms with E-state index in [0.717, 1.165) is 38.5 Å². The summed E-state index contributed by atoms with van der Waals surface area (Å²) in [4.78, 5) is 0. The van der Waals surface area contributed by atoms with Gasteiger partial charge in [0.25, 0.3) is 0 Å². The van der Waals surface area contributed by atoms with Crippen LogP contribution in [0.25, 0.3) is 0 Å². The van der Waals surface area contributed by atoms with Gasteiger partial charge < -0.3 is 64.5 Å². The number of hydrogen-bond acceptors (Lipinski definition) is 13. The molecule has 0 radical (unpaired) electrons. The molecule has 2 bridgehead atoms. The molecule has 0 aromatic heterocycles. The zero-order valence-corrected chi connectivity index (χ0v) is 33.7. The first-order valence-electron chi connectivity index (χ1n) is 20.9. The molecule has 8 aliphatic rings. The normalized spacial score (nSPS) is 59.7. The molecule has 3 saturated heterocycles. The smallest absolute Gasteiger partial charge is 0.187 e. The van der Waals surface area contributed by atoms with Gasteiger partial charge in [-0.25, -0.2) is 0 Å². The molecule has 314 valence electrons. The van der Waals surface area contributed by atoms with Crippen LogP contribution in [0.15, 0.2) is 12.2 Å². The van der Waals surface area contributed by atoms with E-state index in [-0.39, 0.29) is 51.4 Å². The number of aliphatic hydroxyl groups is 8. The van der Waals surface area contributed by atoms with Crippen molar-refractivity contribution in [1.29, 1.82) is 0 Å². The van der Waals surface area contributed by atoms with Crippen molar-refractivity contribution in [3.05, 3.63) is 12.2 Å². The van der Waals surface area contributed by atoms with Crippen molar-refractivity contribution in [2.24, 2.45) is 50.2 Å². The van der Waals surface area contributed by atoms with E-state index in [1.807, 2.05) is 6.92 Å². The highest BCUT2D eigenvalue weighted by molar-refractivity contribution is 5.36. The minimum absolute atomic E-state index is 0.0158. The van der Waals surface area contributed by atoms with Crippen LogP contribution in [0, 0.1) is 50.2 Å². The van der Waals surface area contributed by atoms with Crippen molar-refractivity contribution in [1.82, 2.24) is 0 Å². The molecule has 5 aliphatic carbocycles. The molecule has 8 N–H and O–H groups in total. The minimum Gasteiger partial charge on any atom is -0.396 e. The molecule has 0 aromatic rings. The molecule has 13 heteroatoms. The molecule has 3 aliphatic heterocycles. The third kappa shape index (κ3) is 5.44. The van der Waals surface area contributed by atoms with Gasteiger partial charge in [-0.2, -0.15) is 0 Å². The van der Waals surface area contributed by atoms with Gasteiger partial charge in [0.05, 0.1) is 43.7 Å². The van der Waals surface area contributed by atoms with E-state index >= 15 is 0 Å². The Kier molecular flexibility index (Phi) is 9.95. The van der Waals surface area contributed by atoms with Gasteiger partial charge in [-0.1, -0.05) is 53.7 Å². The molecule has 0 unspecified atom stereocenters. The second-order valence-electron chi connectivity index (χ2n) is 21.0. The number of allylic oxidation sites excluding steroid dienone is 1. The van der Waals surface area contributed by atoms with Crippen molar-refractivity contribution in [3.8, 4) is 0 Å². The quantitative estimate of drug-likeness (QED) is 0.143. The summed E-state index contributed by atoms with van der Waals surface area (Å²) in [5.74, 6) is 0.401. The molecule has 7 fully saturated rings. The Bertz CT molecular complexity index is 1490. The Labute approximate surface area is 325 Å². The summed E-state index contributed by atoms with van der Waals surface area (Å²) >= 11 is 0. The van der Waals surface area contributed by atoms with Crippen LogP contribution >= 0.6 is 0 Å². The zero-order chi connectivity index (χ0) is 39.9. The molecule has 4 saturated carbocycles. The average Bonchev–Trinajstić information content (AvgIpc) is 3.41. The Morgan fingerprint density at radius 3 is 2.13 bits per heavy atom. The van der Waals surface area contributed by atoms with Crippen LogP contribution in [0.4, 0.5) is 0 Å². The molecule has 0 amide bonds. The highest BCUT2D eigenvalue weighted by Gasteiger charge is 2.79. The van der Waals surface area contributed by atoms with E-state index in [0.29, 0.717) is 19.4 Å². The van der Waals surface area contributed by atoms with Crippen LogP contribution in [0.2, 0.25) is 0 Å². The molecular formula is C42H68O13. The molecule has 3 heterocycles. The molecule has 55 heavy (non-hydrogen) atoms. The highest BCUT2D eigenvalue weighted by Crippen LogP contribution is 2.79. The number of ether oxygens (including phenoxy) is 5. The Hall–Kier alpha value is -0.780. The average molecular weight is 781 g/mol. The van der Waals surface area contributed by atoms with Crippen LogP contribution < -0.4 is 0 Å². The Balaban J connectivity index is 1.06. The Morgan fingerprint density at radius 2 is 1.44 bits per heavy atom. The summed E-state index contributed by atoms with van der Waals surface area (Å²) in [5.41, 5.74) is -2.00. The summed E-state index contributed by atoms with van der Waals surface area (Å²) < 4.78 is 31.2. The minimum atomic E-state index is -1.67. The lowest BCUT2D eigenvalue weighted by Gasteiger charge is -2.73. The van der Waals surface area contributed by atoms with Gasteiger partial charge in [-0.3, -0.25) is 0 Å². The van der Waals surface area contributed by atoms with Crippen LogP contribution in [-0.2, 0) is 23.7 Å². The van der Waals surface area contributed by atoms with Crippen LogP contribution in [0.5, 0.6) is 0 Å². The Morgan fingerprint density at radius 1 is 0.727 bits per heavy atom. The van der Waals surface area contributed by atoms with Crippen molar-refractivity contribution >= 4 is 0 Å². The molecule has 1 spiro atoms.